The van der Waals surface area contributed by atoms with Gasteiger partial charge in [0.05, 0.1) is 6.54 Å². The Morgan fingerprint density at radius 2 is 1.90 bits per heavy atom. The average molecular weight is 272 g/mol. The van der Waals surface area contributed by atoms with Gasteiger partial charge in [0.2, 0.25) is 0 Å². The molecule has 0 radical (unpaired) electrons. The first-order valence-corrected chi connectivity index (χ1v) is 7.21. The molecule has 4 heteroatoms. The Kier molecular flexibility index (Phi) is 4.55. The summed E-state index contributed by atoms with van der Waals surface area (Å²) in [5.41, 5.74) is 4.05. The van der Waals surface area contributed by atoms with Crippen LogP contribution in [-0.2, 0) is 20.0 Å². The van der Waals surface area contributed by atoms with Crippen molar-refractivity contribution in [3.8, 4) is 0 Å². The Morgan fingerprint density at radius 1 is 1.20 bits per heavy atom. The van der Waals surface area contributed by atoms with Gasteiger partial charge in [-0.1, -0.05) is 25.1 Å². The molecule has 1 heterocycles. The SMILES string of the molecule is CCc1nnc(CN[C@H](C)c2cccc(C)c2C)n1C. The maximum atomic E-state index is 4.24. The summed E-state index contributed by atoms with van der Waals surface area (Å²) in [6, 6.07) is 6.76. The highest BCUT2D eigenvalue weighted by Crippen LogP contribution is 2.20. The van der Waals surface area contributed by atoms with E-state index in [-0.39, 0.29) is 0 Å². The van der Waals surface area contributed by atoms with Gasteiger partial charge < -0.3 is 9.88 Å². The first-order valence-electron chi connectivity index (χ1n) is 7.21. The minimum Gasteiger partial charge on any atom is -0.317 e. The fourth-order valence-electron chi connectivity index (χ4n) is 2.46. The van der Waals surface area contributed by atoms with Gasteiger partial charge in [-0.3, -0.25) is 0 Å². The van der Waals surface area contributed by atoms with E-state index in [4.69, 9.17) is 0 Å². The molecule has 0 aliphatic carbocycles. The van der Waals surface area contributed by atoms with E-state index in [1.807, 2.05) is 7.05 Å². The first kappa shape index (κ1) is 14.7. The lowest BCUT2D eigenvalue weighted by Crippen LogP contribution is -2.21. The molecule has 1 aromatic heterocycles. The van der Waals surface area contributed by atoms with Gasteiger partial charge in [0.15, 0.2) is 0 Å². The largest absolute Gasteiger partial charge is 0.317 e. The second-order valence-corrected chi connectivity index (χ2v) is 5.34. The molecule has 0 aliphatic heterocycles. The second-order valence-electron chi connectivity index (χ2n) is 5.34. The van der Waals surface area contributed by atoms with Gasteiger partial charge in [-0.15, -0.1) is 10.2 Å². The number of benzene rings is 1. The number of rotatable bonds is 5. The molecule has 20 heavy (non-hydrogen) atoms. The van der Waals surface area contributed by atoms with Gasteiger partial charge in [-0.2, -0.15) is 0 Å². The van der Waals surface area contributed by atoms with Gasteiger partial charge in [-0.25, -0.2) is 0 Å². The fourth-order valence-corrected chi connectivity index (χ4v) is 2.46. The minimum absolute atomic E-state index is 0.302. The molecule has 0 spiro atoms. The molecular formula is C16H24N4. The van der Waals surface area contributed by atoms with Crippen molar-refractivity contribution in [2.45, 2.75) is 46.7 Å². The summed E-state index contributed by atoms with van der Waals surface area (Å²) in [5, 5.41) is 12.0. The topological polar surface area (TPSA) is 42.7 Å². The summed E-state index contributed by atoms with van der Waals surface area (Å²) in [6.07, 6.45) is 0.913. The molecule has 0 amide bonds. The first-order chi connectivity index (χ1) is 9.54. The van der Waals surface area contributed by atoms with Crippen molar-refractivity contribution in [1.82, 2.24) is 20.1 Å². The van der Waals surface area contributed by atoms with Crippen LogP contribution in [0.15, 0.2) is 18.2 Å². The summed E-state index contributed by atoms with van der Waals surface area (Å²) in [4.78, 5) is 0. The molecule has 0 aliphatic rings. The minimum atomic E-state index is 0.302. The Labute approximate surface area is 121 Å². The highest BCUT2D eigenvalue weighted by atomic mass is 15.3. The van der Waals surface area contributed by atoms with Crippen LogP contribution in [0.25, 0.3) is 0 Å². The lowest BCUT2D eigenvalue weighted by molar-refractivity contribution is 0.544. The Hall–Kier alpha value is -1.68. The maximum Gasteiger partial charge on any atom is 0.146 e. The molecule has 1 atom stereocenters. The average Bonchev–Trinajstić information content (AvgIpc) is 2.79. The van der Waals surface area contributed by atoms with Crippen molar-refractivity contribution >= 4 is 0 Å². The van der Waals surface area contributed by atoms with E-state index in [2.05, 4.69) is 66.0 Å². The molecule has 0 saturated carbocycles. The van der Waals surface area contributed by atoms with Crippen LogP contribution in [0.5, 0.6) is 0 Å². The molecule has 1 aromatic carbocycles. The van der Waals surface area contributed by atoms with Crippen LogP contribution in [0.3, 0.4) is 0 Å². The maximum absolute atomic E-state index is 4.24. The van der Waals surface area contributed by atoms with Crippen LogP contribution in [-0.4, -0.2) is 14.8 Å². The molecule has 1 N–H and O–H groups in total. The third kappa shape index (κ3) is 2.90. The number of nitrogens with one attached hydrogen (secondary N) is 1. The number of nitrogens with zero attached hydrogens (tertiary/aromatic N) is 3. The van der Waals surface area contributed by atoms with E-state index in [9.17, 15) is 0 Å². The quantitative estimate of drug-likeness (QED) is 0.910. The van der Waals surface area contributed by atoms with Crippen molar-refractivity contribution in [2.24, 2.45) is 7.05 Å². The fraction of sp³-hybridized carbons (Fsp3) is 0.500. The zero-order valence-electron chi connectivity index (χ0n) is 13.1. The van der Waals surface area contributed by atoms with Crippen molar-refractivity contribution in [3.05, 3.63) is 46.5 Å². The summed E-state index contributed by atoms with van der Waals surface area (Å²) >= 11 is 0. The normalized spacial score (nSPS) is 12.7. The molecule has 108 valence electrons. The third-order valence-corrected chi connectivity index (χ3v) is 4.05. The van der Waals surface area contributed by atoms with Crippen LogP contribution >= 0.6 is 0 Å². The standard InChI is InChI=1S/C16H24N4/c1-6-15-18-19-16(20(15)5)10-17-13(4)14-9-7-8-11(2)12(14)3/h7-9,13,17H,6,10H2,1-5H3/t13-/m1/s1. The lowest BCUT2D eigenvalue weighted by atomic mass is 9.98. The van der Waals surface area contributed by atoms with E-state index in [1.165, 1.54) is 16.7 Å². The predicted octanol–water partition coefficient (Wildman–Crippen LogP) is 2.85. The van der Waals surface area contributed by atoms with Crippen molar-refractivity contribution < 1.29 is 0 Å². The molecule has 0 saturated heterocycles. The molecule has 4 nitrogen and oxygen atoms in total. The molecule has 0 bridgehead atoms. The van der Waals surface area contributed by atoms with Crippen LogP contribution in [0, 0.1) is 13.8 Å². The number of hydrogen-bond acceptors (Lipinski definition) is 3. The molecular weight excluding hydrogens is 248 g/mol. The zero-order valence-corrected chi connectivity index (χ0v) is 13.1. The monoisotopic (exact) mass is 272 g/mol. The van der Waals surface area contributed by atoms with Gasteiger partial charge in [0.25, 0.3) is 0 Å². The van der Waals surface area contributed by atoms with E-state index >= 15 is 0 Å². The van der Waals surface area contributed by atoms with Gasteiger partial charge in [0, 0.05) is 19.5 Å². The van der Waals surface area contributed by atoms with Gasteiger partial charge >= 0.3 is 0 Å². The van der Waals surface area contributed by atoms with Crippen LogP contribution < -0.4 is 5.32 Å². The highest BCUT2D eigenvalue weighted by molar-refractivity contribution is 5.35. The van der Waals surface area contributed by atoms with Gasteiger partial charge in [0.1, 0.15) is 11.6 Å². The number of hydrogen-bond donors (Lipinski definition) is 1. The van der Waals surface area contributed by atoms with E-state index in [0.717, 1.165) is 24.6 Å². The lowest BCUT2D eigenvalue weighted by Gasteiger charge is -2.17. The van der Waals surface area contributed by atoms with Crippen LogP contribution in [0.1, 0.15) is 48.2 Å². The zero-order chi connectivity index (χ0) is 14.7. The Morgan fingerprint density at radius 3 is 2.55 bits per heavy atom. The smallest absolute Gasteiger partial charge is 0.146 e. The van der Waals surface area contributed by atoms with E-state index in [0.29, 0.717) is 6.04 Å². The number of aryl methyl sites for hydroxylation is 2. The predicted molar refractivity (Wildman–Crippen MR) is 81.6 cm³/mol. The molecule has 2 rings (SSSR count). The second kappa shape index (κ2) is 6.18. The Balaban J connectivity index is 2.06. The summed E-state index contributed by atoms with van der Waals surface area (Å²) in [7, 11) is 2.03. The van der Waals surface area contributed by atoms with Crippen molar-refractivity contribution in [1.29, 1.82) is 0 Å². The van der Waals surface area contributed by atoms with E-state index < -0.39 is 0 Å². The highest BCUT2D eigenvalue weighted by Gasteiger charge is 2.11. The molecule has 2 aromatic rings. The molecule has 0 unspecified atom stereocenters. The molecule has 0 fully saturated rings. The summed E-state index contributed by atoms with van der Waals surface area (Å²) < 4.78 is 2.07. The summed E-state index contributed by atoms with van der Waals surface area (Å²) in [5.74, 6) is 2.01. The van der Waals surface area contributed by atoms with Crippen LogP contribution in [0.4, 0.5) is 0 Å². The third-order valence-electron chi connectivity index (χ3n) is 4.05. The number of aromatic nitrogens is 3. The van der Waals surface area contributed by atoms with Crippen molar-refractivity contribution in [2.75, 3.05) is 0 Å². The van der Waals surface area contributed by atoms with Crippen LogP contribution in [0.2, 0.25) is 0 Å². The van der Waals surface area contributed by atoms with E-state index in [1.54, 1.807) is 0 Å². The van der Waals surface area contributed by atoms with Crippen molar-refractivity contribution in [3.63, 3.8) is 0 Å². The van der Waals surface area contributed by atoms with Gasteiger partial charge in [-0.05, 0) is 37.5 Å². The summed E-state index contributed by atoms with van der Waals surface area (Å²) in [6.45, 7) is 9.36. The Bertz CT molecular complexity index is 586.